The van der Waals surface area contributed by atoms with Gasteiger partial charge in [0.05, 0.1) is 5.56 Å². The molecule has 0 radical (unpaired) electrons. The molecule has 0 saturated carbocycles. The van der Waals surface area contributed by atoms with Gasteiger partial charge in [-0.05, 0) is 24.0 Å². The van der Waals surface area contributed by atoms with E-state index in [1.807, 2.05) is 33.7 Å². The number of rotatable bonds is 2. The summed E-state index contributed by atoms with van der Waals surface area (Å²) < 4.78 is 1.93. The van der Waals surface area contributed by atoms with Crippen molar-refractivity contribution in [3.63, 3.8) is 0 Å². The van der Waals surface area contributed by atoms with Crippen LogP contribution in [0.15, 0.2) is 66.0 Å². The maximum atomic E-state index is 12.9. The quantitative estimate of drug-likeness (QED) is 0.693. The minimum Gasteiger partial charge on any atom is -0.338 e. The number of likely N-dealkylation sites (tertiary alicyclic amines) is 1. The smallest absolute Gasteiger partial charge is 0.257 e. The first-order valence-electron chi connectivity index (χ1n) is 9.54. The van der Waals surface area contributed by atoms with Crippen molar-refractivity contribution in [2.75, 3.05) is 13.1 Å². The van der Waals surface area contributed by atoms with Gasteiger partial charge in [-0.2, -0.15) is 0 Å². The van der Waals surface area contributed by atoms with Gasteiger partial charge in [0.25, 0.3) is 11.5 Å². The van der Waals surface area contributed by atoms with Crippen LogP contribution >= 0.6 is 0 Å². The summed E-state index contributed by atoms with van der Waals surface area (Å²) in [7, 11) is 0. The fraction of sp³-hybridized carbons (Fsp3) is 0.273. The standard InChI is InChI=1S/C22H20N4O2/c27-20-7-6-19(16-4-2-1-3-5-16)21-17-8-15(12-26(20)21)11-25(13-17)22(28)18-9-23-14-24-10-18/h1-7,9-10,14-15,17H,8,11-13H2/t15-,17+/m0/s1. The van der Waals surface area contributed by atoms with Gasteiger partial charge in [-0.25, -0.2) is 9.97 Å². The molecular formula is C22H20N4O2. The number of aromatic nitrogens is 3. The van der Waals surface area contributed by atoms with E-state index in [0.717, 1.165) is 23.2 Å². The average molecular weight is 372 g/mol. The molecule has 6 heteroatoms. The van der Waals surface area contributed by atoms with Crippen molar-refractivity contribution >= 4 is 5.91 Å². The van der Waals surface area contributed by atoms with Crippen LogP contribution in [0.25, 0.3) is 11.1 Å². The number of carbonyl (C=O) groups is 1. The lowest BCUT2D eigenvalue weighted by atomic mass is 9.80. The molecule has 1 aromatic carbocycles. The van der Waals surface area contributed by atoms with E-state index in [9.17, 15) is 9.59 Å². The molecule has 3 aromatic rings. The molecule has 0 spiro atoms. The van der Waals surface area contributed by atoms with Crippen LogP contribution in [0.2, 0.25) is 0 Å². The first kappa shape index (κ1) is 16.9. The molecule has 1 fully saturated rings. The zero-order chi connectivity index (χ0) is 19.1. The number of piperidine rings is 1. The van der Waals surface area contributed by atoms with Crippen LogP contribution in [0.3, 0.4) is 0 Å². The van der Waals surface area contributed by atoms with Gasteiger partial charge in [0.15, 0.2) is 0 Å². The Balaban J connectivity index is 1.55. The lowest BCUT2D eigenvalue weighted by Gasteiger charge is -2.43. The minimum atomic E-state index is -0.0386. The molecule has 2 aromatic heterocycles. The third-order valence-electron chi connectivity index (χ3n) is 5.77. The van der Waals surface area contributed by atoms with Gasteiger partial charge in [-0.15, -0.1) is 0 Å². The lowest BCUT2D eigenvalue weighted by Crippen LogP contribution is -2.49. The van der Waals surface area contributed by atoms with Gasteiger partial charge >= 0.3 is 0 Å². The molecule has 28 heavy (non-hydrogen) atoms. The Hall–Kier alpha value is -3.28. The first-order chi connectivity index (χ1) is 13.7. The Bertz CT molecular complexity index is 1080. The maximum absolute atomic E-state index is 12.9. The Kier molecular flexibility index (Phi) is 4.04. The molecule has 4 heterocycles. The maximum Gasteiger partial charge on any atom is 0.257 e. The molecule has 2 bridgehead atoms. The number of amides is 1. The predicted octanol–water partition coefficient (Wildman–Crippen LogP) is 2.56. The van der Waals surface area contributed by atoms with Crippen LogP contribution < -0.4 is 5.56 Å². The Labute approximate surface area is 162 Å². The van der Waals surface area contributed by atoms with Crippen molar-refractivity contribution in [1.29, 1.82) is 0 Å². The fourth-order valence-corrected chi connectivity index (χ4v) is 4.63. The minimum absolute atomic E-state index is 0.0386. The van der Waals surface area contributed by atoms with Gasteiger partial charge in [-0.1, -0.05) is 30.3 Å². The Morgan fingerprint density at radius 3 is 2.54 bits per heavy atom. The van der Waals surface area contributed by atoms with Gasteiger partial charge in [0.2, 0.25) is 0 Å². The normalized spacial score (nSPS) is 20.5. The SMILES string of the molecule is O=C(c1cncnc1)N1C[C@@H]2C[C@H](C1)c1c(-c3ccccc3)ccc(=O)n1C2. The van der Waals surface area contributed by atoms with Crippen LogP contribution in [-0.4, -0.2) is 38.4 Å². The molecule has 2 aliphatic rings. The average Bonchev–Trinajstić information content (AvgIpc) is 2.75. The molecule has 6 nitrogen and oxygen atoms in total. The van der Waals surface area contributed by atoms with E-state index in [1.54, 1.807) is 18.5 Å². The van der Waals surface area contributed by atoms with Crippen LogP contribution in [0, 0.1) is 5.92 Å². The van der Waals surface area contributed by atoms with E-state index >= 15 is 0 Å². The number of fused-ring (bicyclic) bond motifs is 4. The highest BCUT2D eigenvalue weighted by Gasteiger charge is 2.38. The molecule has 140 valence electrons. The fourth-order valence-electron chi connectivity index (χ4n) is 4.63. The van der Waals surface area contributed by atoms with Crippen molar-refractivity contribution in [3.8, 4) is 11.1 Å². The number of hydrogen-bond acceptors (Lipinski definition) is 4. The van der Waals surface area contributed by atoms with E-state index < -0.39 is 0 Å². The van der Waals surface area contributed by atoms with Crippen molar-refractivity contribution in [1.82, 2.24) is 19.4 Å². The Morgan fingerprint density at radius 2 is 1.75 bits per heavy atom. The number of benzene rings is 1. The summed E-state index contributed by atoms with van der Waals surface area (Å²) in [6, 6.07) is 13.7. The zero-order valence-corrected chi connectivity index (χ0v) is 15.4. The first-order valence-corrected chi connectivity index (χ1v) is 9.54. The Morgan fingerprint density at radius 1 is 0.964 bits per heavy atom. The highest BCUT2D eigenvalue weighted by atomic mass is 16.2. The predicted molar refractivity (Wildman–Crippen MR) is 105 cm³/mol. The monoisotopic (exact) mass is 372 g/mol. The molecule has 0 aliphatic carbocycles. The zero-order valence-electron chi connectivity index (χ0n) is 15.4. The van der Waals surface area contributed by atoms with E-state index in [4.69, 9.17) is 0 Å². The van der Waals surface area contributed by atoms with Crippen LogP contribution in [0.5, 0.6) is 0 Å². The largest absolute Gasteiger partial charge is 0.338 e. The number of hydrogen-bond donors (Lipinski definition) is 0. The third-order valence-corrected chi connectivity index (χ3v) is 5.77. The van der Waals surface area contributed by atoms with E-state index in [-0.39, 0.29) is 23.3 Å². The van der Waals surface area contributed by atoms with Crippen LogP contribution in [0.4, 0.5) is 0 Å². The van der Waals surface area contributed by atoms with Crippen molar-refractivity contribution in [2.24, 2.45) is 5.92 Å². The molecule has 0 unspecified atom stereocenters. The van der Waals surface area contributed by atoms with Gasteiger partial charge in [0.1, 0.15) is 6.33 Å². The highest BCUT2D eigenvalue weighted by Crippen LogP contribution is 2.40. The van der Waals surface area contributed by atoms with E-state index in [2.05, 4.69) is 22.1 Å². The van der Waals surface area contributed by atoms with Crippen LogP contribution in [-0.2, 0) is 6.54 Å². The molecule has 1 saturated heterocycles. The van der Waals surface area contributed by atoms with Gasteiger partial charge in [0, 0.05) is 55.3 Å². The summed E-state index contributed by atoms with van der Waals surface area (Å²) in [6.45, 7) is 1.92. The second-order valence-electron chi connectivity index (χ2n) is 7.58. The van der Waals surface area contributed by atoms with Gasteiger partial charge in [-0.3, -0.25) is 9.59 Å². The second-order valence-corrected chi connectivity index (χ2v) is 7.58. The summed E-state index contributed by atoms with van der Waals surface area (Å²) in [4.78, 5) is 35.4. The number of pyridine rings is 1. The molecule has 2 aliphatic heterocycles. The van der Waals surface area contributed by atoms with Crippen LogP contribution in [0.1, 0.15) is 28.4 Å². The van der Waals surface area contributed by atoms with Crippen molar-refractivity contribution in [2.45, 2.75) is 18.9 Å². The summed E-state index contributed by atoms with van der Waals surface area (Å²) in [5.41, 5.74) is 3.79. The number of nitrogens with zero attached hydrogens (tertiary/aromatic N) is 4. The summed E-state index contributed by atoms with van der Waals surface area (Å²) in [6.07, 6.45) is 5.55. The highest BCUT2D eigenvalue weighted by molar-refractivity contribution is 5.93. The lowest BCUT2D eigenvalue weighted by molar-refractivity contribution is 0.0594. The molecule has 5 rings (SSSR count). The molecule has 2 atom stereocenters. The van der Waals surface area contributed by atoms with Crippen molar-refractivity contribution in [3.05, 3.63) is 82.8 Å². The summed E-state index contributed by atoms with van der Waals surface area (Å²) in [5, 5.41) is 0. The molecule has 0 N–H and O–H groups in total. The number of carbonyl (C=O) groups excluding carboxylic acids is 1. The van der Waals surface area contributed by atoms with Crippen molar-refractivity contribution < 1.29 is 4.79 Å². The topological polar surface area (TPSA) is 68.1 Å². The van der Waals surface area contributed by atoms with E-state index in [1.165, 1.54) is 6.33 Å². The summed E-state index contributed by atoms with van der Waals surface area (Å²) in [5.74, 6) is 0.386. The molecule has 1 amide bonds. The second kappa shape index (κ2) is 6.71. The van der Waals surface area contributed by atoms with Gasteiger partial charge < -0.3 is 9.47 Å². The third kappa shape index (κ3) is 2.81. The summed E-state index contributed by atoms with van der Waals surface area (Å²) >= 11 is 0. The molecular weight excluding hydrogens is 352 g/mol. The van der Waals surface area contributed by atoms with E-state index in [0.29, 0.717) is 25.2 Å².